The van der Waals surface area contributed by atoms with Crippen LogP contribution in [0.4, 0.5) is 0 Å². The molecule has 0 spiro atoms. The standard InChI is InChI=1S/C18H21N3S/c1-12-5-6-13(2)16(7-12)10-22-11-17-9-21-15(4)8-14(3)19-18(21)20-17/h5-9H,10-11H2,1-4H3. The van der Waals surface area contributed by atoms with E-state index in [9.17, 15) is 0 Å². The van der Waals surface area contributed by atoms with Crippen molar-refractivity contribution in [1.82, 2.24) is 14.4 Å². The molecule has 0 aliphatic carbocycles. The van der Waals surface area contributed by atoms with E-state index in [2.05, 4.69) is 65.6 Å². The zero-order valence-electron chi connectivity index (χ0n) is 13.6. The summed E-state index contributed by atoms with van der Waals surface area (Å²) in [7, 11) is 0. The zero-order chi connectivity index (χ0) is 15.7. The van der Waals surface area contributed by atoms with Crippen LogP contribution in [-0.2, 0) is 11.5 Å². The molecule has 0 unspecified atom stereocenters. The molecule has 0 bridgehead atoms. The molecular formula is C18H21N3S. The van der Waals surface area contributed by atoms with Crippen molar-refractivity contribution in [2.75, 3.05) is 0 Å². The Labute approximate surface area is 135 Å². The van der Waals surface area contributed by atoms with Gasteiger partial charge in [-0.3, -0.25) is 4.40 Å². The number of imidazole rings is 1. The number of benzene rings is 1. The second-order valence-electron chi connectivity index (χ2n) is 5.86. The first-order valence-corrected chi connectivity index (χ1v) is 8.64. The van der Waals surface area contributed by atoms with Crippen LogP contribution in [0.3, 0.4) is 0 Å². The summed E-state index contributed by atoms with van der Waals surface area (Å²) < 4.78 is 2.07. The fraction of sp³-hybridized carbons (Fsp3) is 0.333. The Hall–Kier alpha value is -1.81. The molecule has 0 aliphatic rings. The molecule has 0 aliphatic heterocycles. The van der Waals surface area contributed by atoms with Gasteiger partial charge in [-0.1, -0.05) is 23.8 Å². The van der Waals surface area contributed by atoms with Crippen LogP contribution in [0.5, 0.6) is 0 Å². The second-order valence-corrected chi connectivity index (χ2v) is 6.85. The van der Waals surface area contributed by atoms with Gasteiger partial charge in [-0.15, -0.1) is 0 Å². The Balaban J connectivity index is 1.71. The van der Waals surface area contributed by atoms with Crippen molar-refractivity contribution in [3.8, 4) is 0 Å². The maximum Gasteiger partial charge on any atom is 0.234 e. The van der Waals surface area contributed by atoms with Gasteiger partial charge in [-0.25, -0.2) is 9.97 Å². The van der Waals surface area contributed by atoms with E-state index in [1.807, 2.05) is 18.7 Å². The molecule has 22 heavy (non-hydrogen) atoms. The van der Waals surface area contributed by atoms with Crippen LogP contribution in [0.25, 0.3) is 5.78 Å². The Morgan fingerprint density at radius 1 is 1.00 bits per heavy atom. The van der Waals surface area contributed by atoms with Crippen molar-refractivity contribution in [2.45, 2.75) is 39.2 Å². The van der Waals surface area contributed by atoms with Crippen molar-refractivity contribution in [2.24, 2.45) is 0 Å². The summed E-state index contributed by atoms with van der Waals surface area (Å²) in [5.41, 5.74) is 7.40. The number of fused-ring (bicyclic) bond motifs is 1. The number of nitrogens with zero attached hydrogens (tertiary/aromatic N) is 3. The van der Waals surface area contributed by atoms with Crippen LogP contribution in [0, 0.1) is 27.7 Å². The van der Waals surface area contributed by atoms with E-state index in [-0.39, 0.29) is 0 Å². The number of aromatic nitrogens is 3. The maximum atomic E-state index is 4.64. The average Bonchev–Trinajstić information content (AvgIpc) is 2.86. The van der Waals surface area contributed by atoms with E-state index >= 15 is 0 Å². The second kappa shape index (κ2) is 6.13. The van der Waals surface area contributed by atoms with Crippen LogP contribution >= 0.6 is 11.8 Å². The van der Waals surface area contributed by atoms with Crippen LogP contribution in [0.15, 0.2) is 30.5 Å². The summed E-state index contributed by atoms with van der Waals surface area (Å²) in [6, 6.07) is 8.73. The van der Waals surface area contributed by atoms with Gasteiger partial charge in [0.25, 0.3) is 0 Å². The molecule has 3 nitrogen and oxygen atoms in total. The highest BCUT2D eigenvalue weighted by atomic mass is 32.2. The van der Waals surface area contributed by atoms with Crippen LogP contribution in [-0.4, -0.2) is 14.4 Å². The number of rotatable bonds is 4. The number of hydrogen-bond acceptors (Lipinski definition) is 3. The van der Waals surface area contributed by atoms with Crippen LogP contribution in [0.1, 0.15) is 33.8 Å². The lowest BCUT2D eigenvalue weighted by atomic mass is 10.1. The first kappa shape index (κ1) is 15.1. The summed E-state index contributed by atoms with van der Waals surface area (Å²) in [4.78, 5) is 9.13. The summed E-state index contributed by atoms with van der Waals surface area (Å²) in [5, 5.41) is 0. The Morgan fingerprint density at radius 2 is 1.82 bits per heavy atom. The van der Waals surface area contributed by atoms with Crippen LogP contribution < -0.4 is 0 Å². The number of hydrogen-bond donors (Lipinski definition) is 0. The fourth-order valence-electron chi connectivity index (χ4n) is 2.61. The molecular weight excluding hydrogens is 290 g/mol. The van der Waals surface area contributed by atoms with Crippen molar-refractivity contribution in [1.29, 1.82) is 0 Å². The zero-order valence-corrected chi connectivity index (χ0v) is 14.4. The molecule has 0 saturated heterocycles. The van der Waals surface area contributed by atoms with Gasteiger partial charge in [-0.05, 0) is 44.9 Å². The van der Waals surface area contributed by atoms with Gasteiger partial charge in [0.2, 0.25) is 5.78 Å². The summed E-state index contributed by atoms with van der Waals surface area (Å²) >= 11 is 1.90. The largest absolute Gasteiger partial charge is 0.288 e. The lowest BCUT2D eigenvalue weighted by molar-refractivity contribution is 1.01. The number of aryl methyl sites for hydroxylation is 4. The predicted octanol–water partition coefficient (Wildman–Crippen LogP) is 4.40. The summed E-state index contributed by atoms with van der Waals surface area (Å²) in [6.45, 7) is 8.43. The first-order valence-electron chi connectivity index (χ1n) is 7.49. The smallest absolute Gasteiger partial charge is 0.234 e. The SMILES string of the molecule is Cc1ccc(C)c(CSCc2cn3c(C)cc(C)nc3n2)c1. The lowest BCUT2D eigenvalue weighted by Gasteiger charge is -2.06. The van der Waals surface area contributed by atoms with E-state index in [1.165, 1.54) is 22.4 Å². The molecule has 0 radical (unpaired) electrons. The summed E-state index contributed by atoms with van der Waals surface area (Å²) in [6.07, 6.45) is 2.10. The molecule has 2 heterocycles. The summed E-state index contributed by atoms with van der Waals surface area (Å²) in [5.74, 6) is 2.74. The Kier molecular flexibility index (Phi) is 4.21. The molecule has 0 amide bonds. The van der Waals surface area contributed by atoms with Gasteiger partial charge in [0, 0.05) is 29.1 Å². The minimum absolute atomic E-state index is 0.805. The van der Waals surface area contributed by atoms with E-state index < -0.39 is 0 Å². The molecule has 3 aromatic rings. The highest BCUT2D eigenvalue weighted by molar-refractivity contribution is 7.97. The third-order valence-electron chi connectivity index (χ3n) is 3.82. The van der Waals surface area contributed by atoms with E-state index in [0.717, 1.165) is 28.7 Å². The average molecular weight is 311 g/mol. The molecule has 2 aromatic heterocycles. The van der Waals surface area contributed by atoms with Gasteiger partial charge < -0.3 is 0 Å². The molecule has 4 heteroatoms. The predicted molar refractivity (Wildman–Crippen MR) is 93.4 cm³/mol. The molecule has 114 valence electrons. The molecule has 3 rings (SSSR count). The highest BCUT2D eigenvalue weighted by Gasteiger charge is 2.06. The van der Waals surface area contributed by atoms with Crippen molar-refractivity contribution >= 4 is 17.5 Å². The lowest BCUT2D eigenvalue weighted by Crippen LogP contribution is -1.94. The number of thioether (sulfide) groups is 1. The quantitative estimate of drug-likeness (QED) is 0.715. The third kappa shape index (κ3) is 3.17. The molecule has 0 N–H and O–H groups in total. The van der Waals surface area contributed by atoms with E-state index in [4.69, 9.17) is 0 Å². The van der Waals surface area contributed by atoms with Gasteiger partial charge in [0.15, 0.2) is 0 Å². The molecule has 0 saturated carbocycles. The van der Waals surface area contributed by atoms with Crippen molar-refractivity contribution in [3.05, 3.63) is 64.2 Å². The van der Waals surface area contributed by atoms with Gasteiger partial charge in [0.1, 0.15) is 0 Å². The molecule has 0 atom stereocenters. The van der Waals surface area contributed by atoms with Gasteiger partial charge >= 0.3 is 0 Å². The minimum atomic E-state index is 0.805. The first-order chi connectivity index (χ1) is 10.5. The molecule has 1 aromatic carbocycles. The minimum Gasteiger partial charge on any atom is -0.288 e. The van der Waals surface area contributed by atoms with Crippen LogP contribution in [0.2, 0.25) is 0 Å². The topological polar surface area (TPSA) is 30.2 Å². The Morgan fingerprint density at radius 3 is 2.64 bits per heavy atom. The van der Waals surface area contributed by atoms with Gasteiger partial charge in [-0.2, -0.15) is 11.8 Å². The maximum absolute atomic E-state index is 4.64. The monoisotopic (exact) mass is 311 g/mol. The van der Waals surface area contributed by atoms with Gasteiger partial charge in [0.05, 0.1) is 5.69 Å². The molecule has 0 fully saturated rings. The van der Waals surface area contributed by atoms with E-state index in [1.54, 1.807) is 0 Å². The van der Waals surface area contributed by atoms with E-state index in [0.29, 0.717) is 0 Å². The normalized spacial score (nSPS) is 11.3. The fourth-order valence-corrected chi connectivity index (χ4v) is 3.59. The highest BCUT2D eigenvalue weighted by Crippen LogP contribution is 2.21. The Bertz CT molecular complexity index is 821. The van der Waals surface area contributed by atoms with Crippen molar-refractivity contribution < 1.29 is 0 Å². The third-order valence-corrected chi connectivity index (χ3v) is 4.84. The van der Waals surface area contributed by atoms with Crippen molar-refractivity contribution in [3.63, 3.8) is 0 Å².